The van der Waals surface area contributed by atoms with Crippen molar-refractivity contribution in [3.05, 3.63) is 100 Å². The minimum Gasteiger partial charge on any atom is -0.304 e. The lowest BCUT2D eigenvalue weighted by molar-refractivity contribution is -0.0732. The van der Waals surface area contributed by atoms with Gasteiger partial charge in [0.1, 0.15) is 0 Å². The minimum absolute atomic E-state index is 0.189. The fraction of sp³-hybridized carbons (Fsp3) is 0.424. The zero-order valence-electron chi connectivity index (χ0n) is 23.3. The Balaban J connectivity index is 1.04. The van der Waals surface area contributed by atoms with Crippen LogP contribution in [0.25, 0.3) is 5.78 Å². The van der Waals surface area contributed by atoms with E-state index in [0.717, 1.165) is 68.9 Å². The number of aryl methyl sites for hydroxylation is 2. The number of rotatable bonds is 7. The smallest absolute Gasteiger partial charge is 0.233 e. The number of nitrogens with zero attached hydrogens (tertiary/aromatic N) is 5. The average Bonchev–Trinajstić information content (AvgIpc) is 3.30. The number of hydrogen-bond donors (Lipinski definition) is 0. The first kappa shape index (κ1) is 24.7. The van der Waals surface area contributed by atoms with Crippen LogP contribution in [0.1, 0.15) is 63.1 Å². The number of benzene rings is 2. The maximum absolute atomic E-state index is 13.4. The number of likely N-dealkylation sites (N-methyl/N-ethyl adjacent to an activating group) is 1. The normalized spacial score (nSPS) is 24.9. The Hall–Kier alpha value is -3.35. The Kier molecular flexibility index (Phi) is 5.76. The molecule has 4 aromatic rings. The zero-order valence-corrected chi connectivity index (χ0v) is 23.3. The SMILES string of the molecule is Cc1cc(CC(=O)c2ccc(C)c(C34CC(c5cnc6ncccn56)(C3)C4)c2)ccc1CN1CCN(C)CC1. The predicted octanol–water partition coefficient (Wildman–Crippen LogP) is 4.89. The highest BCUT2D eigenvalue weighted by Gasteiger charge is 2.70. The van der Waals surface area contributed by atoms with Gasteiger partial charge in [-0.15, -0.1) is 0 Å². The fourth-order valence-corrected chi connectivity index (χ4v) is 7.51. The van der Waals surface area contributed by atoms with E-state index in [-0.39, 0.29) is 16.6 Å². The van der Waals surface area contributed by atoms with Crippen molar-refractivity contribution in [3.8, 4) is 0 Å². The molecule has 2 bridgehead atoms. The highest BCUT2D eigenvalue weighted by atomic mass is 16.1. The van der Waals surface area contributed by atoms with Crippen LogP contribution in [0.2, 0.25) is 0 Å². The molecule has 2 aromatic carbocycles. The second kappa shape index (κ2) is 9.10. The molecule has 1 saturated heterocycles. The molecule has 0 atom stereocenters. The van der Waals surface area contributed by atoms with Crippen molar-refractivity contribution in [3.63, 3.8) is 0 Å². The molecule has 0 amide bonds. The maximum Gasteiger partial charge on any atom is 0.233 e. The minimum atomic E-state index is 0.189. The summed E-state index contributed by atoms with van der Waals surface area (Å²) in [6.07, 6.45) is 9.69. The van der Waals surface area contributed by atoms with E-state index < -0.39 is 0 Å². The number of imidazole rings is 1. The third-order valence-corrected chi connectivity index (χ3v) is 9.75. The summed E-state index contributed by atoms with van der Waals surface area (Å²) >= 11 is 0. The molecular formula is C33H37N5O. The molecule has 0 radical (unpaired) electrons. The Morgan fingerprint density at radius 1 is 0.923 bits per heavy atom. The van der Waals surface area contributed by atoms with Gasteiger partial charge in [0.05, 0.1) is 11.9 Å². The van der Waals surface area contributed by atoms with E-state index in [1.807, 2.05) is 18.3 Å². The zero-order chi connectivity index (χ0) is 26.8. The molecule has 0 unspecified atom stereocenters. The molecule has 0 spiro atoms. The number of carbonyl (C=O) groups excluding carboxylic acids is 1. The molecular weight excluding hydrogens is 482 g/mol. The van der Waals surface area contributed by atoms with Gasteiger partial charge in [0.15, 0.2) is 5.78 Å². The molecule has 0 N–H and O–H groups in total. The topological polar surface area (TPSA) is 53.7 Å². The second-order valence-electron chi connectivity index (χ2n) is 12.5. The first-order valence-electron chi connectivity index (χ1n) is 14.3. The van der Waals surface area contributed by atoms with Crippen molar-refractivity contribution in [1.82, 2.24) is 24.2 Å². The molecule has 3 saturated carbocycles. The Labute approximate surface area is 230 Å². The summed E-state index contributed by atoms with van der Waals surface area (Å²) in [6, 6.07) is 14.9. The standard InChI is InChI=1S/C33H37N5O/c1-23-5-7-26(29(39)16-25-6-8-27(24(2)15-25)19-37-13-11-36(3)12-14-37)17-28(23)32-20-33(21-32,22-32)30-18-35-31-34-9-4-10-38(30)31/h4-10,15,17-18H,11-14,16,19-22H2,1-3H3. The van der Waals surface area contributed by atoms with E-state index in [9.17, 15) is 4.79 Å². The van der Waals surface area contributed by atoms with E-state index >= 15 is 0 Å². The number of carbonyl (C=O) groups is 1. The van der Waals surface area contributed by atoms with Gasteiger partial charge in [-0.25, -0.2) is 9.97 Å². The van der Waals surface area contributed by atoms with Gasteiger partial charge in [-0.1, -0.05) is 30.3 Å². The number of piperazine rings is 1. The van der Waals surface area contributed by atoms with E-state index in [2.05, 4.69) is 81.6 Å². The van der Waals surface area contributed by atoms with Crippen LogP contribution in [0.5, 0.6) is 0 Å². The summed E-state index contributed by atoms with van der Waals surface area (Å²) in [6.45, 7) is 9.86. The highest BCUT2D eigenvalue weighted by Crippen LogP contribution is 2.74. The number of fused-ring (bicyclic) bond motifs is 1. The van der Waals surface area contributed by atoms with Gasteiger partial charge < -0.3 is 4.90 Å². The van der Waals surface area contributed by atoms with Gasteiger partial charge in [-0.05, 0) is 85.5 Å². The van der Waals surface area contributed by atoms with Crippen molar-refractivity contribution >= 4 is 11.6 Å². The summed E-state index contributed by atoms with van der Waals surface area (Å²) in [5, 5.41) is 0. The third-order valence-electron chi connectivity index (χ3n) is 9.75. The molecule has 6 heteroatoms. The summed E-state index contributed by atoms with van der Waals surface area (Å²) < 4.78 is 2.15. The molecule has 39 heavy (non-hydrogen) atoms. The largest absolute Gasteiger partial charge is 0.304 e. The molecule has 6 nitrogen and oxygen atoms in total. The summed E-state index contributed by atoms with van der Waals surface area (Å²) in [7, 11) is 2.19. The number of Topliss-reactive ketones (excluding diaryl/α,β-unsaturated/α-hetero) is 1. The van der Waals surface area contributed by atoms with Gasteiger partial charge in [0.25, 0.3) is 0 Å². The van der Waals surface area contributed by atoms with Crippen LogP contribution >= 0.6 is 0 Å². The Morgan fingerprint density at radius 2 is 1.72 bits per heavy atom. The van der Waals surface area contributed by atoms with Gasteiger partial charge in [0, 0.05) is 62.5 Å². The molecule has 200 valence electrons. The van der Waals surface area contributed by atoms with Gasteiger partial charge in [-0.3, -0.25) is 14.1 Å². The average molecular weight is 520 g/mol. The van der Waals surface area contributed by atoms with Gasteiger partial charge in [0.2, 0.25) is 5.78 Å². The number of ketones is 1. The van der Waals surface area contributed by atoms with Crippen molar-refractivity contribution < 1.29 is 4.79 Å². The maximum atomic E-state index is 13.4. The molecule has 4 fully saturated rings. The molecule has 4 aliphatic rings. The lowest BCUT2D eigenvalue weighted by Crippen LogP contribution is -2.67. The lowest BCUT2D eigenvalue weighted by Gasteiger charge is -2.71. The summed E-state index contributed by atoms with van der Waals surface area (Å²) in [5.41, 5.74) is 8.92. The van der Waals surface area contributed by atoms with Crippen LogP contribution in [0, 0.1) is 13.8 Å². The lowest BCUT2D eigenvalue weighted by atomic mass is 9.32. The first-order valence-corrected chi connectivity index (χ1v) is 14.3. The summed E-state index contributed by atoms with van der Waals surface area (Å²) in [4.78, 5) is 27.3. The van der Waals surface area contributed by atoms with E-state index in [4.69, 9.17) is 0 Å². The highest BCUT2D eigenvalue weighted by molar-refractivity contribution is 5.98. The summed E-state index contributed by atoms with van der Waals surface area (Å²) in [5.74, 6) is 0.981. The van der Waals surface area contributed by atoms with E-state index in [1.165, 1.54) is 27.9 Å². The number of aromatic nitrogens is 3. The van der Waals surface area contributed by atoms with Crippen LogP contribution in [-0.2, 0) is 23.8 Å². The van der Waals surface area contributed by atoms with E-state index in [0.29, 0.717) is 6.42 Å². The predicted molar refractivity (Wildman–Crippen MR) is 153 cm³/mol. The Morgan fingerprint density at radius 3 is 2.49 bits per heavy atom. The van der Waals surface area contributed by atoms with Crippen LogP contribution in [-0.4, -0.2) is 63.2 Å². The van der Waals surface area contributed by atoms with Crippen LogP contribution in [0.3, 0.4) is 0 Å². The molecule has 3 aliphatic carbocycles. The molecule has 1 aliphatic heterocycles. The van der Waals surface area contributed by atoms with Crippen molar-refractivity contribution in [2.24, 2.45) is 0 Å². The van der Waals surface area contributed by atoms with Gasteiger partial charge >= 0.3 is 0 Å². The van der Waals surface area contributed by atoms with E-state index in [1.54, 1.807) is 6.20 Å². The van der Waals surface area contributed by atoms with Gasteiger partial charge in [-0.2, -0.15) is 0 Å². The van der Waals surface area contributed by atoms with Crippen molar-refractivity contribution in [2.75, 3.05) is 33.2 Å². The molecule has 8 rings (SSSR count). The van der Waals surface area contributed by atoms with Crippen molar-refractivity contribution in [1.29, 1.82) is 0 Å². The first-order chi connectivity index (χ1) is 18.8. The fourth-order valence-electron chi connectivity index (χ4n) is 7.51. The monoisotopic (exact) mass is 519 g/mol. The van der Waals surface area contributed by atoms with Crippen LogP contribution in [0.15, 0.2) is 61.1 Å². The number of hydrogen-bond acceptors (Lipinski definition) is 5. The third kappa shape index (κ3) is 4.12. The van der Waals surface area contributed by atoms with Crippen LogP contribution < -0.4 is 0 Å². The Bertz CT molecular complexity index is 1560. The van der Waals surface area contributed by atoms with Crippen LogP contribution in [0.4, 0.5) is 0 Å². The second-order valence-corrected chi connectivity index (χ2v) is 12.5. The van der Waals surface area contributed by atoms with Crippen molar-refractivity contribution in [2.45, 2.75) is 56.9 Å². The molecule has 2 aromatic heterocycles. The quantitative estimate of drug-likeness (QED) is 0.326. The molecule has 3 heterocycles.